The standard InChI is InChI=1S/C26H30N2O7/c1-26(24(31)27-12-11-21(33-2)23(29)30)15-34-14-22(26)28-25(32)35-13-20-18-9-5-3-7-16(18)17-8-4-6-10-19(17)20/h3-10,20-22H,11-15H2,1-2H3,(H,27,31)(H,28,32)(H,29,30). The average Bonchev–Trinajstić information content (AvgIpc) is 3.38. The summed E-state index contributed by atoms with van der Waals surface area (Å²) >= 11 is 0. The van der Waals surface area contributed by atoms with Gasteiger partial charge in [0, 0.05) is 26.0 Å². The van der Waals surface area contributed by atoms with Crippen LogP contribution in [0, 0.1) is 5.41 Å². The molecule has 3 atom stereocenters. The summed E-state index contributed by atoms with van der Waals surface area (Å²) in [6.45, 7) is 2.29. The van der Waals surface area contributed by atoms with Crippen molar-refractivity contribution >= 4 is 18.0 Å². The topological polar surface area (TPSA) is 123 Å². The third-order valence-corrected chi connectivity index (χ3v) is 6.86. The number of hydrogen-bond acceptors (Lipinski definition) is 6. The Hall–Kier alpha value is -3.43. The van der Waals surface area contributed by atoms with Gasteiger partial charge in [0.25, 0.3) is 0 Å². The Balaban J connectivity index is 1.34. The fourth-order valence-electron chi connectivity index (χ4n) is 4.74. The van der Waals surface area contributed by atoms with Crippen molar-refractivity contribution in [3.05, 3.63) is 59.7 Å². The van der Waals surface area contributed by atoms with Gasteiger partial charge in [0.2, 0.25) is 5.91 Å². The summed E-state index contributed by atoms with van der Waals surface area (Å²) in [5.74, 6) is -1.49. The van der Waals surface area contributed by atoms with Gasteiger partial charge in [-0.1, -0.05) is 48.5 Å². The van der Waals surface area contributed by atoms with Crippen molar-refractivity contribution < 1.29 is 33.7 Å². The van der Waals surface area contributed by atoms with Gasteiger partial charge in [0.05, 0.1) is 24.7 Å². The summed E-state index contributed by atoms with van der Waals surface area (Å²) in [7, 11) is 1.31. The molecule has 3 N–H and O–H groups in total. The van der Waals surface area contributed by atoms with Crippen LogP contribution in [-0.4, -0.2) is 68.7 Å². The number of methoxy groups -OCH3 is 1. The molecular weight excluding hydrogens is 452 g/mol. The number of nitrogens with one attached hydrogen (secondary N) is 2. The molecule has 0 spiro atoms. The van der Waals surface area contributed by atoms with Crippen molar-refractivity contribution in [3.8, 4) is 11.1 Å². The van der Waals surface area contributed by atoms with Crippen LogP contribution in [0.4, 0.5) is 4.79 Å². The first-order chi connectivity index (χ1) is 16.8. The highest BCUT2D eigenvalue weighted by molar-refractivity contribution is 5.84. The molecule has 3 unspecified atom stereocenters. The number of fused-ring (bicyclic) bond motifs is 3. The number of amides is 2. The van der Waals surface area contributed by atoms with E-state index in [0.29, 0.717) is 0 Å². The summed E-state index contributed by atoms with van der Waals surface area (Å²) in [5, 5.41) is 14.6. The van der Waals surface area contributed by atoms with Crippen LogP contribution in [0.3, 0.4) is 0 Å². The summed E-state index contributed by atoms with van der Waals surface area (Å²) in [5.41, 5.74) is 3.50. The van der Waals surface area contributed by atoms with Crippen molar-refractivity contribution in [3.63, 3.8) is 0 Å². The summed E-state index contributed by atoms with van der Waals surface area (Å²) in [4.78, 5) is 36.6. The van der Waals surface area contributed by atoms with Crippen molar-refractivity contribution in [1.29, 1.82) is 0 Å². The number of carboxylic acids is 1. The SMILES string of the molecule is COC(CCNC(=O)C1(C)COCC1NC(=O)OCC1c2ccccc2-c2ccccc21)C(=O)O. The zero-order valence-corrected chi connectivity index (χ0v) is 19.8. The number of rotatable bonds is 9. The molecule has 1 saturated heterocycles. The van der Waals surface area contributed by atoms with Gasteiger partial charge in [-0.15, -0.1) is 0 Å². The van der Waals surface area contributed by atoms with E-state index in [-0.39, 0.29) is 44.6 Å². The van der Waals surface area contributed by atoms with Gasteiger partial charge >= 0.3 is 12.1 Å². The molecule has 0 aromatic heterocycles. The monoisotopic (exact) mass is 482 g/mol. The maximum atomic E-state index is 12.9. The van der Waals surface area contributed by atoms with Crippen molar-refractivity contribution in [2.45, 2.75) is 31.4 Å². The van der Waals surface area contributed by atoms with Crippen LogP contribution in [0.5, 0.6) is 0 Å². The average molecular weight is 483 g/mol. The first-order valence-corrected chi connectivity index (χ1v) is 11.6. The summed E-state index contributed by atoms with van der Waals surface area (Å²) in [6.07, 6.45) is -1.50. The zero-order valence-electron chi connectivity index (χ0n) is 19.8. The predicted molar refractivity (Wildman–Crippen MR) is 127 cm³/mol. The Kier molecular flexibility index (Phi) is 7.37. The summed E-state index contributed by atoms with van der Waals surface area (Å²) < 4.78 is 16.0. The predicted octanol–water partition coefficient (Wildman–Crippen LogP) is 2.54. The van der Waals surface area contributed by atoms with E-state index in [1.54, 1.807) is 6.92 Å². The van der Waals surface area contributed by atoms with Crippen LogP contribution in [0.25, 0.3) is 11.1 Å². The van der Waals surface area contributed by atoms with Gasteiger partial charge < -0.3 is 30.0 Å². The van der Waals surface area contributed by atoms with Crippen LogP contribution in [0.1, 0.15) is 30.4 Å². The molecule has 1 heterocycles. The Morgan fingerprint density at radius 3 is 2.34 bits per heavy atom. The quantitative estimate of drug-likeness (QED) is 0.502. The first-order valence-electron chi connectivity index (χ1n) is 11.6. The number of ether oxygens (including phenoxy) is 3. The Morgan fingerprint density at radius 1 is 1.11 bits per heavy atom. The molecule has 1 aliphatic heterocycles. The van der Waals surface area contributed by atoms with Gasteiger partial charge in [-0.2, -0.15) is 0 Å². The minimum absolute atomic E-state index is 0.0642. The van der Waals surface area contributed by atoms with Crippen molar-refractivity contribution in [2.24, 2.45) is 5.41 Å². The molecule has 186 valence electrons. The van der Waals surface area contributed by atoms with Gasteiger partial charge in [-0.25, -0.2) is 9.59 Å². The number of carbonyl (C=O) groups is 3. The normalized spacial score (nSPS) is 21.6. The number of benzene rings is 2. The van der Waals surface area contributed by atoms with Crippen LogP contribution >= 0.6 is 0 Å². The lowest BCUT2D eigenvalue weighted by Crippen LogP contribution is -2.54. The molecular formula is C26H30N2O7. The molecule has 2 aliphatic rings. The molecule has 4 rings (SSSR count). The van der Waals surface area contributed by atoms with Crippen LogP contribution in [0.2, 0.25) is 0 Å². The molecule has 9 heteroatoms. The molecule has 9 nitrogen and oxygen atoms in total. The molecule has 1 aliphatic carbocycles. The lowest BCUT2D eigenvalue weighted by Gasteiger charge is -2.29. The largest absolute Gasteiger partial charge is 0.479 e. The Morgan fingerprint density at radius 2 is 1.74 bits per heavy atom. The fraction of sp³-hybridized carbons (Fsp3) is 0.423. The molecule has 2 aromatic carbocycles. The third-order valence-electron chi connectivity index (χ3n) is 6.86. The maximum Gasteiger partial charge on any atom is 0.407 e. The fourth-order valence-corrected chi connectivity index (χ4v) is 4.74. The van der Waals surface area contributed by atoms with Crippen molar-refractivity contribution in [1.82, 2.24) is 10.6 Å². The molecule has 35 heavy (non-hydrogen) atoms. The lowest BCUT2D eigenvalue weighted by atomic mass is 9.84. The number of alkyl carbamates (subject to hydrolysis) is 1. The van der Waals surface area contributed by atoms with E-state index in [9.17, 15) is 14.4 Å². The highest BCUT2D eigenvalue weighted by Gasteiger charge is 2.47. The lowest BCUT2D eigenvalue weighted by molar-refractivity contribution is -0.149. The minimum atomic E-state index is -1.09. The van der Waals surface area contributed by atoms with E-state index in [0.717, 1.165) is 22.3 Å². The van der Waals surface area contributed by atoms with E-state index in [1.165, 1.54) is 7.11 Å². The van der Waals surface area contributed by atoms with E-state index in [2.05, 4.69) is 22.8 Å². The van der Waals surface area contributed by atoms with Gasteiger partial charge in [-0.05, 0) is 29.2 Å². The highest BCUT2D eigenvalue weighted by Crippen LogP contribution is 2.44. The van der Waals surface area contributed by atoms with E-state index in [4.69, 9.17) is 19.3 Å². The van der Waals surface area contributed by atoms with Gasteiger partial charge in [0.1, 0.15) is 6.61 Å². The second kappa shape index (κ2) is 10.5. The number of aliphatic carboxylic acids is 1. The molecule has 0 saturated carbocycles. The molecule has 1 fully saturated rings. The molecule has 2 amide bonds. The van der Waals surface area contributed by atoms with E-state index < -0.39 is 29.6 Å². The molecule has 2 aromatic rings. The van der Waals surface area contributed by atoms with Crippen LogP contribution in [-0.2, 0) is 23.8 Å². The first kappa shape index (κ1) is 24.7. The van der Waals surface area contributed by atoms with E-state index in [1.807, 2.05) is 36.4 Å². The number of hydrogen-bond donors (Lipinski definition) is 3. The van der Waals surface area contributed by atoms with Gasteiger partial charge in [-0.3, -0.25) is 4.79 Å². The smallest absolute Gasteiger partial charge is 0.407 e. The zero-order chi connectivity index (χ0) is 25.0. The molecule has 0 bridgehead atoms. The second-order valence-corrected chi connectivity index (χ2v) is 9.06. The third kappa shape index (κ3) is 5.01. The Labute approximate surface area is 203 Å². The second-order valence-electron chi connectivity index (χ2n) is 9.06. The van der Waals surface area contributed by atoms with Gasteiger partial charge in [0.15, 0.2) is 6.10 Å². The molecule has 0 radical (unpaired) electrons. The summed E-state index contributed by atoms with van der Waals surface area (Å²) in [6, 6.07) is 15.6. The Bertz CT molecular complexity index is 1060. The van der Waals surface area contributed by atoms with Crippen molar-refractivity contribution in [2.75, 3.05) is 33.5 Å². The van der Waals surface area contributed by atoms with Crippen LogP contribution in [0.15, 0.2) is 48.5 Å². The minimum Gasteiger partial charge on any atom is -0.479 e. The highest BCUT2D eigenvalue weighted by atomic mass is 16.6. The maximum absolute atomic E-state index is 12.9. The number of carbonyl (C=O) groups excluding carboxylic acids is 2. The van der Waals surface area contributed by atoms with Crippen LogP contribution < -0.4 is 10.6 Å². The number of carboxylic acid groups (broad SMARTS) is 1. The van der Waals surface area contributed by atoms with E-state index >= 15 is 0 Å².